The zero-order valence-electron chi connectivity index (χ0n) is 12.4. The van der Waals surface area contributed by atoms with Crippen LogP contribution in [0.3, 0.4) is 0 Å². The Morgan fingerprint density at radius 3 is 2.71 bits per heavy atom. The van der Waals surface area contributed by atoms with Crippen molar-refractivity contribution in [2.24, 2.45) is 5.92 Å². The average Bonchev–Trinajstić information content (AvgIpc) is 2.43. The van der Waals surface area contributed by atoms with Gasteiger partial charge in [0.1, 0.15) is 10.6 Å². The predicted octanol–water partition coefficient (Wildman–Crippen LogP) is 3.60. The van der Waals surface area contributed by atoms with Gasteiger partial charge >= 0.3 is 0 Å². The van der Waals surface area contributed by atoms with Crippen LogP contribution in [0.5, 0.6) is 5.75 Å². The summed E-state index contributed by atoms with van der Waals surface area (Å²) < 4.78 is 33.5. The summed E-state index contributed by atoms with van der Waals surface area (Å²) in [4.78, 5) is 0.120. The standard InChI is InChI=1S/C15H22ClNO3S/c1-3-20-14-9-8-12(16)10-15(14)21(18,19)17-13-7-5-4-6-11(13)2/h8-11,13,17H,3-7H2,1-2H3/t11-,13+/m1/s1. The first kappa shape index (κ1) is 16.6. The van der Waals surface area contributed by atoms with E-state index in [1.54, 1.807) is 12.1 Å². The number of benzene rings is 1. The Morgan fingerprint density at radius 1 is 1.33 bits per heavy atom. The van der Waals surface area contributed by atoms with E-state index in [4.69, 9.17) is 16.3 Å². The molecule has 6 heteroatoms. The molecule has 0 heterocycles. The number of nitrogens with one attached hydrogen (secondary N) is 1. The Balaban J connectivity index is 2.28. The van der Waals surface area contributed by atoms with Gasteiger partial charge in [-0.05, 0) is 43.9 Å². The minimum Gasteiger partial charge on any atom is -0.492 e. The van der Waals surface area contributed by atoms with Crippen molar-refractivity contribution in [3.63, 3.8) is 0 Å². The van der Waals surface area contributed by atoms with Crippen LogP contribution >= 0.6 is 11.6 Å². The van der Waals surface area contributed by atoms with Crippen LogP contribution in [-0.4, -0.2) is 21.1 Å². The Labute approximate surface area is 131 Å². The summed E-state index contributed by atoms with van der Waals surface area (Å²) in [6, 6.07) is 4.67. The third kappa shape index (κ3) is 4.11. The third-order valence-electron chi connectivity index (χ3n) is 3.91. The lowest BCUT2D eigenvalue weighted by atomic mass is 9.87. The van der Waals surface area contributed by atoms with Crippen LogP contribution in [0, 0.1) is 5.92 Å². The maximum absolute atomic E-state index is 12.6. The molecule has 0 aliphatic heterocycles. The van der Waals surface area contributed by atoms with Gasteiger partial charge in [-0.1, -0.05) is 31.4 Å². The fourth-order valence-electron chi connectivity index (χ4n) is 2.72. The van der Waals surface area contributed by atoms with E-state index in [0.29, 0.717) is 23.3 Å². The quantitative estimate of drug-likeness (QED) is 0.897. The minimum atomic E-state index is -3.63. The molecule has 1 aromatic carbocycles. The first-order valence-corrected chi connectivity index (χ1v) is 9.25. The summed E-state index contributed by atoms with van der Waals surface area (Å²) in [5.41, 5.74) is 0. The summed E-state index contributed by atoms with van der Waals surface area (Å²) >= 11 is 5.95. The summed E-state index contributed by atoms with van der Waals surface area (Å²) in [7, 11) is -3.63. The highest BCUT2D eigenvalue weighted by molar-refractivity contribution is 7.89. The fraction of sp³-hybridized carbons (Fsp3) is 0.600. The molecule has 21 heavy (non-hydrogen) atoms. The predicted molar refractivity (Wildman–Crippen MR) is 84.4 cm³/mol. The number of rotatable bonds is 5. The summed E-state index contributed by atoms with van der Waals surface area (Å²) in [6.45, 7) is 4.32. The maximum atomic E-state index is 12.6. The second kappa shape index (κ2) is 6.99. The monoisotopic (exact) mass is 331 g/mol. The van der Waals surface area contributed by atoms with Gasteiger partial charge in [-0.3, -0.25) is 0 Å². The molecule has 1 aromatic rings. The number of hydrogen-bond donors (Lipinski definition) is 1. The largest absolute Gasteiger partial charge is 0.492 e. The second-order valence-corrected chi connectivity index (χ2v) is 7.63. The molecule has 1 aliphatic carbocycles. The summed E-state index contributed by atoms with van der Waals surface area (Å²) in [6.07, 6.45) is 4.16. The van der Waals surface area contributed by atoms with Crippen molar-refractivity contribution in [3.8, 4) is 5.75 Å². The normalized spacial score (nSPS) is 23.0. The highest BCUT2D eigenvalue weighted by Crippen LogP contribution is 2.30. The van der Waals surface area contributed by atoms with E-state index in [9.17, 15) is 8.42 Å². The van der Waals surface area contributed by atoms with E-state index in [1.807, 2.05) is 6.92 Å². The highest BCUT2D eigenvalue weighted by atomic mass is 35.5. The molecule has 0 unspecified atom stereocenters. The van der Waals surface area contributed by atoms with Crippen LogP contribution < -0.4 is 9.46 Å². The highest BCUT2D eigenvalue weighted by Gasteiger charge is 2.28. The number of hydrogen-bond acceptors (Lipinski definition) is 3. The fourth-order valence-corrected chi connectivity index (χ4v) is 4.51. The van der Waals surface area contributed by atoms with Crippen molar-refractivity contribution in [2.45, 2.75) is 50.5 Å². The van der Waals surface area contributed by atoms with Crippen LogP contribution in [0.15, 0.2) is 23.1 Å². The van der Waals surface area contributed by atoms with E-state index < -0.39 is 10.0 Å². The van der Waals surface area contributed by atoms with E-state index in [1.165, 1.54) is 12.5 Å². The van der Waals surface area contributed by atoms with E-state index in [0.717, 1.165) is 19.3 Å². The van der Waals surface area contributed by atoms with Crippen molar-refractivity contribution in [2.75, 3.05) is 6.61 Å². The molecule has 0 aromatic heterocycles. The molecule has 0 amide bonds. The van der Waals surface area contributed by atoms with E-state index in [2.05, 4.69) is 11.6 Å². The van der Waals surface area contributed by atoms with Crippen molar-refractivity contribution in [3.05, 3.63) is 23.2 Å². The molecule has 1 aliphatic rings. The molecule has 0 bridgehead atoms. The van der Waals surface area contributed by atoms with E-state index >= 15 is 0 Å². The van der Waals surface area contributed by atoms with Gasteiger partial charge in [-0.2, -0.15) is 0 Å². The lowest BCUT2D eigenvalue weighted by Crippen LogP contribution is -2.41. The van der Waals surface area contributed by atoms with Gasteiger partial charge in [0.05, 0.1) is 6.61 Å². The molecule has 0 spiro atoms. The molecule has 1 saturated carbocycles. The molecule has 1 N–H and O–H groups in total. The number of halogens is 1. The van der Waals surface area contributed by atoms with Crippen molar-refractivity contribution >= 4 is 21.6 Å². The van der Waals surface area contributed by atoms with Crippen LogP contribution in [-0.2, 0) is 10.0 Å². The SMILES string of the molecule is CCOc1ccc(Cl)cc1S(=O)(=O)N[C@H]1CCCC[C@H]1C. The van der Waals surface area contributed by atoms with Crippen molar-refractivity contribution in [1.29, 1.82) is 0 Å². The molecular weight excluding hydrogens is 310 g/mol. The van der Waals surface area contributed by atoms with Gasteiger partial charge in [0.2, 0.25) is 10.0 Å². The number of sulfonamides is 1. The Morgan fingerprint density at radius 2 is 2.05 bits per heavy atom. The van der Waals surface area contributed by atoms with Crippen LogP contribution in [0.25, 0.3) is 0 Å². The first-order valence-electron chi connectivity index (χ1n) is 7.38. The molecule has 1 fully saturated rings. The zero-order chi connectivity index (χ0) is 15.5. The molecular formula is C15H22ClNO3S. The van der Waals surface area contributed by atoms with Gasteiger partial charge < -0.3 is 4.74 Å². The number of ether oxygens (including phenoxy) is 1. The molecule has 2 rings (SSSR count). The van der Waals surface area contributed by atoms with Gasteiger partial charge in [-0.15, -0.1) is 0 Å². The topological polar surface area (TPSA) is 55.4 Å². The van der Waals surface area contributed by atoms with E-state index in [-0.39, 0.29) is 10.9 Å². The van der Waals surface area contributed by atoms with Crippen molar-refractivity contribution in [1.82, 2.24) is 4.72 Å². The minimum absolute atomic E-state index is 0.0165. The Hall–Kier alpha value is -0.780. The van der Waals surface area contributed by atoms with Crippen LogP contribution in [0.4, 0.5) is 0 Å². The van der Waals surface area contributed by atoms with Crippen LogP contribution in [0.1, 0.15) is 39.5 Å². The Kier molecular flexibility index (Phi) is 5.52. The maximum Gasteiger partial charge on any atom is 0.244 e. The lowest BCUT2D eigenvalue weighted by Gasteiger charge is -2.29. The molecule has 118 valence electrons. The van der Waals surface area contributed by atoms with Gasteiger partial charge in [0.15, 0.2) is 0 Å². The Bertz CT molecular complexity index is 589. The summed E-state index contributed by atoms with van der Waals surface area (Å²) in [5.74, 6) is 0.695. The molecule has 4 nitrogen and oxygen atoms in total. The van der Waals surface area contributed by atoms with Crippen LogP contribution in [0.2, 0.25) is 5.02 Å². The average molecular weight is 332 g/mol. The van der Waals surface area contributed by atoms with Gasteiger partial charge in [0.25, 0.3) is 0 Å². The second-order valence-electron chi connectivity index (χ2n) is 5.51. The lowest BCUT2D eigenvalue weighted by molar-refractivity contribution is 0.308. The van der Waals surface area contributed by atoms with Gasteiger partial charge in [-0.25, -0.2) is 13.1 Å². The smallest absolute Gasteiger partial charge is 0.244 e. The first-order chi connectivity index (χ1) is 9.94. The molecule has 0 radical (unpaired) electrons. The zero-order valence-corrected chi connectivity index (χ0v) is 14.0. The third-order valence-corrected chi connectivity index (χ3v) is 5.66. The van der Waals surface area contributed by atoms with Crippen molar-refractivity contribution < 1.29 is 13.2 Å². The van der Waals surface area contributed by atoms with Gasteiger partial charge in [0, 0.05) is 11.1 Å². The molecule has 0 saturated heterocycles. The molecule has 2 atom stereocenters. The summed E-state index contributed by atoms with van der Waals surface area (Å²) in [5, 5.41) is 0.385.